The van der Waals surface area contributed by atoms with Gasteiger partial charge >= 0.3 is 0 Å². The molecule has 2 atom stereocenters. The average molecular weight is 240 g/mol. The Labute approximate surface area is 70.9 Å². The van der Waals surface area contributed by atoms with E-state index >= 15 is 0 Å². The zero-order valence-corrected chi connectivity index (χ0v) is 7.93. The second-order valence-electron chi connectivity index (χ2n) is 2.80. The van der Waals surface area contributed by atoms with E-state index in [0.29, 0.717) is 6.10 Å². The molecule has 1 aliphatic rings. The van der Waals surface area contributed by atoms with Crippen LogP contribution in [0.1, 0.15) is 32.6 Å². The van der Waals surface area contributed by atoms with Crippen molar-refractivity contribution in [2.45, 2.75) is 38.7 Å². The molecule has 2 unspecified atom stereocenters. The molecule has 0 amide bonds. The van der Waals surface area contributed by atoms with E-state index < -0.39 is 0 Å². The Kier molecular flexibility index (Phi) is 3.26. The van der Waals surface area contributed by atoms with Gasteiger partial charge in [-0.15, -0.1) is 0 Å². The van der Waals surface area contributed by atoms with Crippen LogP contribution in [0.4, 0.5) is 0 Å². The van der Waals surface area contributed by atoms with E-state index in [0.717, 1.165) is 5.92 Å². The van der Waals surface area contributed by atoms with Gasteiger partial charge in [0.2, 0.25) is 0 Å². The van der Waals surface area contributed by atoms with Crippen molar-refractivity contribution in [1.29, 1.82) is 0 Å². The normalized spacial score (nSPS) is 35.3. The van der Waals surface area contributed by atoms with Crippen LogP contribution in [0.5, 0.6) is 0 Å². The smallest absolute Gasteiger partial charge is 0.110 e. The first-order valence-electron chi connectivity index (χ1n) is 3.64. The van der Waals surface area contributed by atoms with Gasteiger partial charge in [-0.3, -0.25) is 0 Å². The Hall–Kier alpha value is 0.690. The Balaban J connectivity index is 2.20. The summed E-state index contributed by atoms with van der Waals surface area (Å²) in [6.45, 7) is 2.26. The topological polar surface area (TPSA) is 9.23 Å². The molecule has 1 fully saturated rings. The van der Waals surface area contributed by atoms with E-state index in [4.69, 9.17) is 3.07 Å². The van der Waals surface area contributed by atoms with E-state index in [1.807, 2.05) is 23.0 Å². The lowest BCUT2D eigenvalue weighted by atomic mass is 10.1. The Bertz CT molecular complexity index is 75.0. The second kappa shape index (κ2) is 3.76. The van der Waals surface area contributed by atoms with Crippen molar-refractivity contribution in [2.75, 3.05) is 0 Å². The summed E-state index contributed by atoms with van der Waals surface area (Å²) in [5, 5.41) is 0. The summed E-state index contributed by atoms with van der Waals surface area (Å²) < 4.78 is 5.21. The highest BCUT2D eigenvalue weighted by Gasteiger charge is 2.22. The maximum Gasteiger partial charge on any atom is 0.110 e. The van der Waals surface area contributed by atoms with Crippen molar-refractivity contribution in [1.82, 2.24) is 0 Å². The van der Waals surface area contributed by atoms with Crippen LogP contribution < -0.4 is 0 Å². The first kappa shape index (κ1) is 7.79. The van der Waals surface area contributed by atoms with Crippen LogP contribution in [0.3, 0.4) is 0 Å². The maximum atomic E-state index is 5.21. The van der Waals surface area contributed by atoms with E-state index in [1.165, 1.54) is 25.7 Å². The average Bonchev–Trinajstić information content (AvgIpc) is 2.34. The van der Waals surface area contributed by atoms with Gasteiger partial charge in [0.25, 0.3) is 0 Å². The lowest BCUT2D eigenvalue weighted by Gasteiger charge is -2.04. The minimum Gasteiger partial charge on any atom is -0.312 e. The first-order chi connectivity index (χ1) is 4.36. The van der Waals surface area contributed by atoms with Gasteiger partial charge in [0, 0.05) is 0 Å². The molecular formula is C7H13IO. The fourth-order valence-electron chi connectivity index (χ4n) is 1.48. The lowest BCUT2D eigenvalue weighted by Crippen LogP contribution is -2.00. The third kappa shape index (κ3) is 2.08. The summed E-state index contributed by atoms with van der Waals surface area (Å²) in [6.07, 6.45) is 5.84. The molecule has 0 bridgehead atoms. The van der Waals surface area contributed by atoms with Crippen LogP contribution in [-0.2, 0) is 3.07 Å². The van der Waals surface area contributed by atoms with Crippen LogP contribution in [-0.4, -0.2) is 6.10 Å². The van der Waals surface area contributed by atoms with Gasteiger partial charge in [-0.1, -0.05) is 13.3 Å². The van der Waals surface area contributed by atoms with Crippen LogP contribution in [0.2, 0.25) is 0 Å². The molecule has 0 N–H and O–H groups in total. The van der Waals surface area contributed by atoms with Gasteiger partial charge in [0.15, 0.2) is 0 Å². The van der Waals surface area contributed by atoms with E-state index in [1.54, 1.807) is 0 Å². The van der Waals surface area contributed by atoms with Crippen LogP contribution in [0.25, 0.3) is 0 Å². The fourth-order valence-corrected chi connectivity index (χ4v) is 1.94. The van der Waals surface area contributed by atoms with E-state index in [-0.39, 0.29) is 0 Å². The number of rotatable bonds is 2. The predicted octanol–water partition coefficient (Wildman–Crippen LogP) is 2.93. The number of halogens is 1. The zero-order chi connectivity index (χ0) is 6.69. The zero-order valence-electron chi connectivity index (χ0n) is 5.77. The minimum absolute atomic E-state index is 0.565. The second-order valence-corrected chi connectivity index (χ2v) is 3.31. The lowest BCUT2D eigenvalue weighted by molar-refractivity contribution is 0.282. The van der Waals surface area contributed by atoms with Crippen LogP contribution in [0, 0.1) is 5.92 Å². The Morgan fingerprint density at radius 3 is 2.67 bits per heavy atom. The van der Waals surface area contributed by atoms with Gasteiger partial charge in [-0.2, -0.15) is 0 Å². The standard InChI is InChI=1S/C7H13IO/c1-2-6-3-4-7(5-6)9-8/h6-7H,2-5H2,1H3. The molecule has 54 valence electrons. The van der Waals surface area contributed by atoms with E-state index in [2.05, 4.69) is 6.92 Å². The molecule has 2 heteroatoms. The summed E-state index contributed by atoms with van der Waals surface area (Å²) >= 11 is 2.02. The first-order valence-corrected chi connectivity index (χ1v) is 4.52. The van der Waals surface area contributed by atoms with Crippen LogP contribution >= 0.6 is 23.0 Å². The van der Waals surface area contributed by atoms with Crippen LogP contribution in [0.15, 0.2) is 0 Å². The highest BCUT2D eigenvalue weighted by Crippen LogP contribution is 2.30. The van der Waals surface area contributed by atoms with Gasteiger partial charge in [-0.05, 0) is 25.2 Å². The maximum absolute atomic E-state index is 5.21. The van der Waals surface area contributed by atoms with Crippen molar-refractivity contribution >= 4 is 23.0 Å². The molecule has 0 spiro atoms. The van der Waals surface area contributed by atoms with Crippen molar-refractivity contribution in [3.63, 3.8) is 0 Å². The Morgan fingerprint density at radius 2 is 2.33 bits per heavy atom. The molecule has 0 saturated heterocycles. The molecule has 1 aliphatic carbocycles. The highest BCUT2D eigenvalue weighted by atomic mass is 127. The molecule has 0 radical (unpaired) electrons. The quantitative estimate of drug-likeness (QED) is 0.674. The Morgan fingerprint density at radius 1 is 1.56 bits per heavy atom. The summed E-state index contributed by atoms with van der Waals surface area (Å²) in [5.74, 6) is 0.949. The van der Waals surface area contributed by atoms with Gasteiger partial charge in [0.05, 0.1) is 6.10 Å². The minimum atomic E-state index is 0.565. The monoisotopic (exact) mass is 240 g/mol. The largest absolute Gasteiger partial charge is 0.312 e. The molecule has 0 aliphatic heterocycles. The fraction of sp³-hybridized carbons (Fsp3) is 1.00. The molecule has 9 heavy (non-hydrogen) atoms. The molecule has 0 aromatic heterocycles. The van der Waals surface area contributed by atoms with E-state index in [9.17, 15) is 0 Å². The van der Waals surface area contributed by atoms with Crippen molar-refractivity contribution in [2.24, 2.45) is 5.92 Å². The number of hydrogen-bond donors (Lipinski definition) is 0. The molecule has 1 saturated carbocycles. The summed E-state index contributed by atoms with van der Waals surface area (Å²) in [5.41, 5.74) is 0. The summed E-state index contributed by atoms with van der Waals surface area (Å²) in [4.78, 5) is 0. The molecule has 1 nitrogen and oxygen atoms in total. The summed E-state index contributed by atoms with van der Waals surface area (Å²) in [7, 11) is 0. The summed E-state index contributed by atoms with van der Waals surface area (Å²) in [6, 6.07) is 0. The molecule has 0 heterocycles. The third-order valence-corrected chi connectivity index (χ3v) is 2.92. The van der Waals surface area contributed by atoms with Gasteiger partial charge in [0.1, 0.15) is 23.0 Å². The third-order valence-electron chi connectivity index (χ3n) is 2.20. The molecule has 0 aromatic rings. The number of hydrogen-bond acceptors (Lipinski definition) is 1. The molecule has 1 rings (SSSR count). The predicted molar refractivity (Wildman–Crippen MR) is 46.5 cm³/mol. The molecular weight excluding hydrogens is 227 g/mol. The van der Waals surface area contributed by atoms with Crippen molar-refractivity contribution < 1.29 is 3.07 Å². The van der Waals surface area contributed by atoms with Gasteiger partial charge < -0.3 is 3.07 Å². The molecule has 0 aromatic carbocycles. The van der Waals surface area contributed by atoms with Gasteiger partial charge in [-0.25, -0.2) is 0 Å². The van der Waals surface area contributed by atoms with Crippen molar-refractivity contribution in [3.05, 3.63) is 0 Å². The SMILES string of the molecule is CCC1CCC(OI)C1. The van der Waals surface area contributed by atoms with Crippen molar-refractivity contribution in [3.8, 4) is 0 Å². The highest BCUT2D eigenvalue weighted by molar-refractivity contribution is 14.1.